The van der Waals surface area contributed by atoms with Crippen LogP contribution in [0.15, 0.2) is 40.9 Å². The van der Waals surface area contributed by atoms with Gasteiger partial charge in [0, 0.05) is 34.4 Å². The molecule has 1 unspecified atom stereocenters. The predicted molar refractivity (Wildman–Crippen MR) is 85.7 cm³/mol. The minimum atomic E-state index is -0.263. The van der Waals surface area contributed by atoms with Gasteiger partial charge >= 0.3 is 0 Å². The van der Waals surface area contributed by atoms with Gasteiger partial charge in [0.1, 0.15) is 17.3 Å². The summed E-state index contributed by atoms with van der Waals surface area (Å²) in [7, 11) is 3.22. The zero-order chi connectivity index (χ0) is 15.4. The van der Waals surface area contributed by atoms with Gasteiger partial charge in [0.15, 0.2) is 0 Å². The molecule has 2 aromatic carbocycles. The highest BCUT2D eigenvalue weighted by molar-refractivity contribution is 9.10. The van der Waals surface area contributed by atoms with Gasteiger partial charge in [0.2, 0.25) is 0 Å². The Hall–Kier alpha value is -1.75. The lowest BCUT2D eigenvalue weighted by Crippen LogP contribution is -2.07. The van der Waals surface area contributed by atoms with Gasteiger partial charge < -0.3 is 14.8 Å². The molecule has 1 N–H and O–H groups in total. The number of nitrogens with one attached hydrogen (secondary N) is 1. The van der Waals surface area contributed by atoms with E-state index in [0.29, 0.717) is 11.5 Å². The van der Waals surface area contributed by atoms with Crippen LogP contribution in [0.3, 0.4) is 0 Å². The maximum absolute atomic E-state index is 13.2. The van der Waals surface area contributed by atoms with Crippen LogP contribution in [0.4, 0.5) is 10.1 Å². The summed E-state index contributed by atoms with van der Waals surface area (Å²) in [6.45, 7) is 2.00. The summed E-state index contributed by atoms with van der Waals surface area (Å²) in [5.41, 5.74) is 1.84. The van der Waals surface area contributed by atoms with E-state index in [-0.39, 0.29) is 11.9 Å². The van der Waals surface area contributed by atoms with Gasteiger partial charge in [0.05, 0.1) is 14.2 Å². The third-order valence-electron chi connectivity index (χ3n) is 3.16. The monoisotopic (exact) mass is 353 g/mol. The summed E-state index contributed by atoms with van der Waals surface area (Å²) in [6, 6.07) is 10.2. The number of hydrogen-bond donors (Lipinski definition) is 1. The van der Waals surface area contributed by atoms with Gasteiger partial charge in [-0.05, 0) is 24.6 Å². The molecule has 0 fully saturated rings. The average molecular weight is 354 g/mol. The topological polar surface area (TPSA) is 30.5 Å². The molecule has 1 atom stereocenters. The first-order valence-electron chi connectivity index (χ1n) is 6.48. The molecular formula is C16H17BrFNO2. The second-order valence-electron chi connectivity index (χ2n) is 4.63. The van der Waals surface area contributed by atoms with Crippen LogP contribution in [0.25, 0.3) is 0 Å². The normalized spacial score (nSPS) is 11.9. The lowest BCUT2D eigenvalue weighted by Gasteiger charge is -2.18. The second-order valence-corrected chi connectivity index (χ2v) is 5.49. The molecule has 0 spiro atoms. The van der Waals surface area contributed by atoms with Crippen molar-refractivity contribution in [1.82, 2.24) is 0 Å². The van der Waals surface area contributed by atoms with Crippen LogP contribution in [0.2, 0.25) is 0 Å². The molecule has 2 aromatic rings. The van der Waals surface area contributed by atoms with Gasteiger partial charge in [-0.2, -0.15) is 0 Å². The van der Waals surface area contributed by atoms with Crippen molar-refractivity contribution in [2.24, 2.45) is 0 Å². The van der Waals surface area contributed by atoms with E-state index in [1.807, 2.05) is 25.1 Å². The number of rotatable bonds is 5. The van der Waals surface area contributed by atoms with E-state index in [1.54, 1.807) is 20.3 Å². The molecule has 2 rings (SSSR count). The number of hydrogen-bond acceptors (Lipinski definition) is 3. The van der Waals surface area contributed by atoms with Gasteiger partial charge in [-0.3, -0.25) is 0 Å². The van der Waals surface area contributed by atoms with Crippen LogP contribution in [0, 0.1) is 5.82 Å². The van der Waals surface area contributed by atoms with Crippen LogP contribution >= 0.6 is 15.9 Å². The Morgan fingerprint density at radius 3 is 2.19 bits per heavy atom. The Kier molecular flexibility index (Phi) is 5.07. The number of methoxy groups -OCH3 is 2. The van der Waals surface area contributed by atoms with Crippen molar-refractivity contribution in [2.75, 3.05) is 19.5 Å². The SMILES string of the molecule is COc1cc(NC(C)c2ccc(F)cc2Br)cc(OC)c1. The Morgan fingerprint density at radius 1 is 1.05 bits per heavy atom. The Bertz CT molecular complexity index is 611. The molecule has 0 bridgehead atoms. The first-order valence-corrected chi connectivity index (χ1v) is 7.27. The van der Waals surface area contributed by atoms with Crippen LogP contribution in [-0.4, -0.2) is 14.2 Å². The quantitative estimate of drug-likeness (QED) is 0.838. The molecule has 0 aliphatic carbocycles. The summed E-state index contributed by atoms with van der Waals surface area (Å²) in [5.74, 6) is 1.16. The van der Waals surface area contributed by atoms with Crippen molar-refractivity contribution < 1.29 is 13.9 Å². The van der Waals surface area contributed by atoms with Crippen LogP contribution in [0.5, 0.6) is 11.5 Å². The molecule has 0 aliphatic heterocycles. The van der Waals surface area contributed by atoms with E-state index < -0.39 is 0 Å². The lowest BCUT2D eigenvalue weighted by molar-refractivity contribution is 0.394. The zero-order valence-corrected chi connectivity index (χ0v) is 13.7. The van der Waals surface area contributed by atoms with Crippen molar-refractivity contribution in [3.63, 3.8) is 0 Å². The molecular weight excluding hydrogens is 337 g/mol. The highest BCUT2D eigenvalue weighted by Crippen LogP contribution is 2.31. The predicted octanol–water partition coefficient (Wildman–Crippen LogP) is 4.78. The van der Waals surface area contributed by atoms with Gasteiger partial charge in [-0.15, -0.1) is 0 Å². The van der Waals surface area contributed by atoms with Crippen molar-refractivity contribution in [2.45, 2.75) is 13.0 Å². The Balaban J connectivity index is 2.24. The molecule has 0 saturated carbocycles. The molecule has 0 aromatic heterocycles. The van der Waals surface area contributed by atoms with Crippen LogP contribution in [-0.2, 0) is 0 Å². The summed E-state index contributed by atoms with van der Waals surface area (Å²) < 4.78 is 24.4. The third kappa shape index (κ3) is 3.88. The van der Waals surface area contributed by atoms with Gasteiger partial charge in [0.25, 0.3) is 0 Å². The molecule has 0 amide bonds. The highest BCUT2D eigenvalue weighted by Gasteiger charge is 2.11. The van der Waals surface area contributed by atoms with Crippen LogP contribution in [0.1, 0.15) is 18.5 Å². The molecule has 3 nitrogen and oxygen atoms in total. The molecule has 112 valence electrons. The van der Waals surface area contributed by atoms with Gasteiger partial charge in [-0.1, -0.05) is 22.0 Å². The highest BCUT2D eigenvalue weighted by atomic mass is 79.9. The first-order chi connectivity index (χ1) is 10.0. The van der Waals surface area contributed by atoms with Crippen molar-refractivity contribution in [1.29, 1.82) is 0 Å². The van der Waals surface area contributed by atoms with E-state index >= 15 is 0 Å². The summed E-state index contributed by atoms with van der Waals surface area (Å²) in [4.78, 5) is 0. The van der Waals surface area contributed by atoms with Crippen molar-refractivity contribution >= 4 is 21.6 Å². The number of halogens is 2. The Labute approximate surface area is 132 Å². The molecule has 21 heavy (non-hydrogen) atoms. The minimum absolute atomic E-state index is 0.00297. The fourth-order valence-electron chi connectivity index (χ4n) is 2.07. The summed E-state index contributed by atoms with van der Waals surface area (Å²) in [5, 5.41) is 3.36. The fraction of sp³-hybridized carbons (Fsp3) is 0.250. The summed E-state index contributed by atoms with van der Waals surface area (Å²) >= 11 is 3.39. The van der Waals surface area contributed by atoms with E-state index in [2.05, 4.69) is 21.2 Å². The maximum Gasteiger partial charge on any atom is 0.124 e. The van der Waals surface area contributed by atoms with E-state index in [4.69, 9.17) is 9.47 Å². The third-order valence-corrected chi connectivity index (χ3v) is 3.85. The molecule has 0 saturated heterocycles. The zero-order valence-electron chi connectivity index (χ0n) is 12.1. The molecule has 0 heterocycles. The van der Waals surface area contributed by atoms with Crippen LogP contribution < -0.4 is 14.8 Å². The second kappa shape index (κ2) is 6.80. The maximum atomic E-state index is 13.2. The smallest absolute Gasteiger partial charge is 0.124 e. The fourth-order valence-corrected chi connectivity index (χ4v) is 2.77. The van der Waals surface area contributed by atoms with E-state index in [9.17, 15) is 4.39 Å². The van der Waals surface area contributed by atoms with E-state index in [0.717, 1.165) is 15.7 Å². The number of benzene rings is 2. The largest absolute Gasteiger partial charge is 0.497 e. The molecule has 5 heteroatoms. The van der Waals surface area contributed by atoms with Crippen molar-refractivity contribution in [3.8, 4) is 11.5 Å². The lowest BCUT2D eigenvalue weighted by atomic mass is 10.1. The first kappa shape index (κ1) is 15.6. The van der Waals surface area contributed by atoms with E-state index in [1.165, 1.54) is 12.1 Å². The Morgan fingerprint density at radius 2 is 1.67 bits per heavy atom. The molecule has 0 aliphatic rings. The minimum Gasteiger partial charge on any atom is -0.497 e. The van der Waals surface area contributed by atoms with Crippen molar-refractivity contribution in [3.05, 3.63) is 52.3 Å². The number of anilines is 1. The van der Waals surface area contributed by atoms with Gasteiger partial charge in [-0.25, -0.2) is 4.39 Å². The standard InChI is InChI=1S/C16H17BrFNO2/c1-10(15-5-4-11(18)6-16(15)17)19-12-7-13(20-2)9-14(8-12)21-3/h4-10,19H,1-3H3. The molecule has 0 radical (unpaired) electrons. The number of ether oxygens (including phenoxy) is 2. The average Bonchev–Trinajstić information content (AvgIpc) is 2.46. The summed E-state index contributed by atoms with van der Waals surface area (Å²) in [6.07, 6.45) is 0.